The molecule has 1 saturated heterocycles. The van der Waals surface area contributed by atoms with Crippen molar-refractivity contribution in [2.24, 2.45) is 0 Å². The number of carboxylic acid groups (broad SMARTS) is 1. The van der Waals surface area contributed by atoms with E-state index in [4.69, 9.17) is 10.8 Å². The van der Waals surface area contributed by atoms with Gasteiger partial charge in [0.05, 0.1) is 12.2 Å². The van der Waals surface area contributed by atoms with Crippen LogP contribution in [0, 0.1) is 0 Å². The van der Waals surface area contributed by atoms with Gasteiger partial charge in [0.15, 0.2) is 5.13 Å². The zero-order valence-electron chi connectivity index (χ0n) is 8.72. The molecule has 2 atom stereocenters. The van der Waals surface area contributed by atoms with E-state index in [-0.39, 0.29) is 12.6 Å². The van der Waals surface area contributed by atoms with Gasteiger partial charge in [-0.1, -0.05) is 0 Å². The van der Waals surface area contributed by atoms with E-state index < -0.39 is 5.97 Å². The SMILES string of the molecule is Nc1nc2c(s1)C1CCC2CN1CC(=O)O. The summed E-state index contributed by atoms with van der Waals surface area (Å²) in [6, 6.07) is 0.228. The lowest BCUT2D eigenvalue weighted by Crippen LogP contribution is -2.44. The van der Waals surface area contributed by atoms with Crippen LogP contribution in [0.4, 0.5) is 5.13 Å². The van der Waals surface area contributed by atoms with Crippen LogP contribution in [0.25, 0.3) is 0 Å². The highest BCUT2D eigenvalue weighted by atomic mass is 32.1. The van der Waals surface area contributed by atoms with Crippen LogP contribution < -0.4 is 5.73 Å². The molecule has 3 aliphatic rings. The Hall–Kier alpha value is -1.14. The van der Waals surface area contributed by atoms with Crippen LogP contribution in [-0.2, 0) is 4.79 Å². The van der Waals surface area contributed by atoms with Crippen LogP contribution in [0.2, 0.25) is 0 Å². The van der Waals surface area contributed by atoms with Crippen molar-refractivity contribution in [1.82, 2.24) is 9.88 Å². The number of anilines is 1. The lowest BCUT2D eigenvalue weighted by molar-refractivity contribution is -0.139. The molecule has 0 saturated carbocycles. The normalized spacial score (nSPS) is 28.0. The number of nitrogens with two attached hydrogens (primary N) is 1. The van der Waals surface area contributed by atoms with E-state index >= 15 is 0 Å². The Morgan fingerprint density at radius 1 is 1.62 bits per heavy atom. The average molecular weight is 239 g/mol. The fourth-order valence-electron chi connectivity index (χ4n) is 2.80. The van der Waals surface area contributed by atoms with Gasteiger partial charge in [-0.25, -0.2) is 4.98 Å². The van der Waals surface area contributed by atoms with Gasteiger partial charge >= 0.3 is 5.97 Å². The van der Waals surface area contributed by atoms with Crippen molar-refractivity contribution < 1.29 is 9.90 Å². The van der Waals surface area contributed by atoms with Crippen molar-refractivity contribution in [2.75, 3.05) is 18.8 Å². The summed E-state index contributed by atoms with van der Waals surface area (Å²) in [5, 5.41) is 9.48. The molecule has 1 aromatic heterocycles. The maximum absolute atomic E-state index is 10.8. The van der Waals surface area contributed by atoms with E-state index in [1.807, 2.05) is 4.90 Å². The van der Waals surface area contributed by atoms with E-state index in [0.717, 1.165) is 25.1 Å². The molecule has 2 bridgehead atoms. The van der Waals surface area contributed by atoms with Crippen LogP contribution in [0.5, 0.6) is 0 Å². The van der Waals surface area contributed by atoms with Crippen LogP contribution in [0.1, 0.15) is 35.4 Å². The minimum atomic E-state index is -0.758. The second kappa shape index (κ2) is 3.43. The second-order valence-electron chi connectivity index (χ2n) is 4.41. The van der Waals surface area contributed by atoms with E-state index in [1.165, 1.54) is 16.2 Å². The van der Waals surface area contributed by atoms with Crippen molar-refractivity contribution in [3.05, 3.63) is 10.6 Å². The fraction of sp³-hybridized carbons (Fsp3) is 0.600. The summed E-state index contributed by atoms with van der Waals surface area (Å²) in [5.74, 6) is -0.375. The van der Waals surface area contributed by atoms with E-state index in [1.54, 1.807) is 0 Å². The first-order valence-electron chi connectivity index (χ1n) is 5.37. The van der Waals surface area contributed by atoms with Gasteiger partial charge in [0, 0.05) is 23.4 Å². The number of fused-ring (bicyclic) bond motifs is 2. The average Bonchev–Trinajstić information content (AvgIpc) is 2.60. The number of carbonyl (C=O) groups is 1. The number of hydrogen-bond donors (Lipinski definition) is 2. The van der Waals surface area contributed by atoms with E-state index in [0.29, 0.717) is 11.0 Å². The van der Waals surface area contributed by atoms with Gasteiger partial charge in [-0.2, -0.15) is 0 Å². The van der Waals surface area contributed by atoms with Crippen molar-refractivity contribution in [3.8, 4) is 0 Å². The van der Waals surface area contributed by atoms with Gasteiger partial charge in [0.1, 0.15) is 0 Å². The largest absolute Gasteiger partial charge is 0.480 e. The number of nitrogen functional groups attached to an aromatic ring is 1. The molecule has 6 heteroatoms. The molecule has 3 heterocycles. The molecule has 1 fully saturated rings. The first kappa shape index (κ1) is 10.0. The molecule has 0 amide bonds. The topological polar surface area (TPSA) is 79.5 Å². The van der Waals surface area contributed by atoms with E-state index in [9.17, 15) is 4.79 Å². The Balaban J connectivity index is 1.95. The summed E-state index contributed by atoms with van der Waals surface area (Å²) >= 11 is 1.52. The minimum Gasteiger partial charge on any atom is -0.480 e. The summed E-state index contributed by atoms with van der Waals surface area (Å²) in [5.41, 5.74) is 6.86. The highest BCUT2D eigenvalue weighted by molar-refractivity contribution is 7.15. The van der Waals surface area contributed by atoms with Crippen LogP contribution in [0.15, 0.2) is 0 Å². The molecule has 86 valence electrons. The molecule has 1 aromatic rings. The molecule has 2 aliphatic heterocycles. The van der Waals surface area contributed by atoms with Gasteiger partial charge in [0.2, 0.25) is 0 Å². The van der Waals surface area contributed by atoms with Crippen LogP contribution in [-0.4, -0.2) is 34.0 Å². The number of carboxylic acids is 1. The lowest BCUT2D eigenvalue weighted by Gasteiger charge is -2.43. The summed E-state index contributed by atoms with van der Waals surface area (Å²) in [6.45, 7) is 0.936. The molecular weight excluding hydrogens is 226 g/mol. The molecule has 0 radical (unpaired) electrons. The summed E-state index contributed by atoms with van der Waals surface area (Å²) in [7, 11) is 0. The predicted molar refractivity (Wildman–Crippen MR) is 60.5 cm³/mol. The fourth-order valence-corrected chi connectivity index (χ4v) is 3.89. The minimum absolute atomic E-state index is 0.123. The number of rotatable bonds is 2. The highest BCUT2D eigenvalue weighted by Gasteiger charge is 2.41. The first-order chi connectivity index (χ1) is 7.65. The number of hydrogen-bond acceptors (Lipinski definition) is 5. The Morgan fingerprint density at radius 2 is 2.44 bits per heavy atom. The Kier molecular flexibility index (Phi) is 2.15. The summed E-state index contributed by atoms with van der Waals surface area (Å²) < 4.78 is 0. The predicted octanol–water partition coefficient (Wildman–Crippen LogP) is 1.04. The van der Waals surface area contributed by atoms with Crippen molar-refractivity contribution in [1.29, 1.82) is 0 Å². The zero-order chi connectivity index (χ0) is 11.3. The Morgan fingerprint density at radius 3 is 3.19 bits per heavy atom. The molecule has 0 spiro atoms. The van der Waals surface area contributed by atoms with Gasteiger partial charge < -0.3 is 10.8 Å². The third-order valence-corrected chi connectivity index (χ3v) is 4.41. The Labute approximate surface area is 96.9 Å². The number of nitrogens with zero attached hydrogens (tertiary/aromatic N) is 2. The molecule has 3 N–H and O–H groups in total. The third-order valence-electron chi connectivity index (χ3n) is 3.41. The Bertz CT molecular complexity index is 445. The number of aliphatic carboxylic acids is 1. The summed E-state index contributed by atoms with van der Waals surface area (Å²) in [6.07, 6.45) is 2.14. The molecule has 5 nitrogen and oxygen atoms in total. The van der Waals surface area contributed by atoms with Crippen LogP contribution in [0.3, 0.4) is 0 Å². The van der Waals surface area contributed by atoms with Crippen molar-refractivity contribution >= 4 is 22.4 Å². The molecular formula is C10H13N3O2S. The van der Waals surface area contributed by atoms with Gasteiger partial charge in [0.25, 0.3) is 0 Å². The standard InChI is InChI=1S/C10H13N3O2S/c11-10-12-8-5-1-2-6(9(8)16-10)13(3-5)4-7(14)15/h5-6H,1-4H2,(H2,11,12)(H,14,15). The van der Waals surface area contributed by atoms with E-state index in [2.05, 4.69) is 4.98 Å². The lowest BCUT2D eigenvalue weighted by atomic mass is 9.82. The molecule has 16 heavy (non-hydrogen) atoms. The van der Waals surface area contributed by atoms with Gasteiger partial charge in [-0.05, 0) is 12.8 Å². The quantitative estimate of drug-likeness (QED) is 0.806. The monoisotopic (exact) mass is 239 g/mol. The molecule has 0 aromatic carbocycles. The van der Waals surface area contributed by atoms with Crippen molar-refractivity contribution in [3.63, 3.8) is 0 Å². The van der Waals surface area contributed by atoms with Gasteiger partial charge in [-0.15, -0.1) is 11.3 Å². The highest BCUT2D eigenvalue weighted by Crippen LogP contribution is 2.48. The maximum Gasteiger partial charge on any atom is 0.317 e. The first-order valence-corrected chi connectivity index (χ1v) is 6.18. The number of thiazole rings is 1. The number of aromatic nitrogens is 1. The summed E-state index contributed by atoms with van der Waals surface area (Å²) in [4.78, 5) is 18.4. The van der Waals surface area contributed by atoms with Crippen molar-refractivity contribution in [2.45, 2.75) is 24.8 Å². The third kappa shape index (κ3) is 1.41. The van der Waals surface area contributed by atoms with Crippen LogP contribution >= 0.6 is 11.3 Å². The smallest absolute Gasteiger partial charge is 0.317 e. The molecule has 4 rings (SSSR count). The zero-order valence-corrected chi connectivity index (χ0v) is 9.54. The maximum atomic E-state index is 10.8. The van der Waals surface area contributed by atoms with Gasteiger partial charge in [-0.3, -0.25) is 9.69 Å². The second-order valence-corrected chi connectivity index (χ2v) is 5.48. The molecule has 1 aliphatic carbocycles. The number of piperidine rings is 1. The molecule has 2 unspecified atom stereocenters.